The van der Waals surface area contributed by atoms with E-state index in [4.69, 9.17) is 5.73 Å². The van der Waals surface area contributed by atoms with Crippen molar-refractivity contribution < 1.29 is 4.79 Å². The number of aryl methyl sites for hydroxylation is 1. The number of nitrogens with two attached hydrogens (primary N) is 1. The SMILES string of the molecule is Cl.NCC(NC(=O)C1SCCc2ccccc21)C1CCCCC1. The molecule has 1 aliphatic heterocycles. The average Bonchev–Trinajstić information content (AvgIpc) is 2.59. The number of hydrogen-bond donors (Lipinski definition) is 2. The Kier molecular flexibility index (Phi) is 7.25. The van der Waals surface area contributed by atoms with Gasteiger partial charge in [0, 0.05) is 12.6 Å². The maximum absolute atomic E-state index is 12.8. The number of benzene rings is 1. The van der Waals surface area contributed by atoms with Crippen LogP contribution in [0.3, 0.4) is 0 Å². The Morgan fingerprint density at radius 2 is 2.00 bits per heavy atom. The Morgan fingerprint density at radius 1 is 1.26 bits per heavy atom. The average molecular weight is 355 g/mol. The largest absolute Gasteiger partial charge is 0.351 e. The van der Waals surface area contributed by atoms with Crippen molar-refractivity contribution in [3.05, 3.63) is 35.4 Å². The van der Waals surface area contributed by atoms with Crippen LogP contribution in [0.15, 0.2) is 24.3 Å². The van der Waals surface area contributed by atoms with Gasteiger partial charge in [0.05, 0.1) is 0 Å². The Labute approximate surface area is 149 Å². The topological polar surface area (TPSA) is 55.1 Å². The maximum atomic E-state index is 12.8. The molecule has 2 unspecified atom stereocenters. The number of hydrogen-bond acceptors (Lipinski definition) is 3. The fourth-order valence-corrected chi connectivity index (χ4v) is 4.98. The number of amides is 1. The Bertz CT molecular complexity index is 519. The van der Waals surface area contributed by atoms with Crippen molar-refractivity contribution in [3.63, 3.8) is 0 Å². The van der Waals surface area contributed by atoms with Crippen molar-refractivity contribution in [1.29, 1.82) is 0 Å². The standard InChI is InChI=1S/C18H26N2OS.ClH/c19-12-16(14-7-2-1-3-8-14)20-18(21)17-15-9-5-4-6-13(15)10-11-22-17;/h4-6,9,14,16-17H,1-3,7-8,10-12,19H2,(H,20,21);1H. The van der Waals surface area contributed by atoms with Crippen molar-refractivity contribution in [1.82, 2.24) is 5.32 Å². The monoisotopic (exact) mass is 354 g/mol. The lowest BCUT2D eigenvalue weighted by atomic mass is 9.84. The van der Waals surface area contributed by atoms with Gasteiger partial charge in [0.2, 0.25) is 5.91 Å². The minimum atomic E-state index is -0.0670. The van der Waals surface area contributed by atoms with Crippen LogP contribution in [0.1, 0.15) is 48.5 Å². The fourth-order valence-electron chi connectivity index (χ4n) is 3.78. The highest BCUT2D eigenvalue weighted by molar-refractivity contribution is 8.00. The number of thioether (sulfide) groups is 1. The quantitative estimate of drug-likeness (QED) is 0.870. The van der Waals surface area contributed by atoms with E-state index in [2.05, 4.69) is 23.5 Å². The van der Waals surface area contributed by atoms with Crippen LogP contribution in [-0.2, 0) is 11.2 Å². The van der Waals surface area contributed by atoms with Gasteiger partial charge in [-0.2, -0.15) is 0 Å². The number of rotatable bonds is 4. The minimum absolute atomic E-state index is 0. The molecule has 1 aliphatic carbocycles. The van der Waals surface area contributed by atoms with Crippen molar-refractivity contribution in [2.75, 3.05) is 12.3 Å². The van der Waals surface area contributed by atoms with Crippen molar-refractivity contribution >= 4 is 30.1 Å². The van der Waals surface area contributed by atoms with E-state index < -0.39 is 0 Å². The van der Waals surface area contributed by atoms with E-state index in [9.17, 15) is 4.79 Å². The Morgan fingerprint density at radius 3 is 2.74 bits per heavy atom. The summed E-state index contributed by atoms with van der Waals surface area (Å²) >= 11 is 1.76. The van der Waals surface area contributed by atoms with Crippen molar-refractivity contribution in [2.45, 2.75) is 49.8 Å². The normalized spacial score (nSPS) is 22.6. The highest BCUT2D eigenvalue weighted by atomic mass is 35.5. The van der Waals surface area contributed by atoms with E-state index in [1.807, 2.05) is 6.07 Å². The van der Waals surface area contributed by atoms with Crippen LogP contribution >= 0.6 is 24.2 Å². The van der Waals surface area contributed by atoms with E-state index in [0.717, 1.165) is 12.2 Å². The summed E-state index contributed by atoms with van der Waals surface area (Å²) in [6.45, 7) is 0.551. The molecule has 1 aromatic rings. The molecule has 0 aromatic heterocycles. The highest BCUT2D eigenvalue weighted by Crippen LogP contribution is 2.37. The summed E-state index contributed by atoms with van der Waals surface area (Å²) in [5.74, 6) is 1.73. The number of carbonyl (C=O) groups is 1. The second-order valence-corrected chi connectivity index (χ2v) is 7.66. The summed E-state index contributed by atoms with van der Waals surface area (Å²) in [5, 5.41) is 3.20. The third-order valence-corrected chi connectivity index (χ3v) is 6.27. The summed E-state index contributed by atoms with van der Waals surface area (Å²) in [4.78, 5) is 12.8. The molecule has 23 heavy (non-hydrogen) atoms. The molecule has 1 aromatic carbocycles. The lowest BCUT2D eigenvalue weighted by molar-refractivity contribution is -0.121. The molecule has 0 radical (unpaired) electrons. The summed E-state index contributed by atoms with van der Waals surface area (Å²) in [5.41, 5.74) is 8.47. The minimum Gasteiger partial charge on any atom is -0.351 e. The van der Waals surface area contributed by atoms with Gasteiger partial charge in [-0.05, 0) is 42.1 Å². The van der Waals surface area contributed by atoms with E-state index in [-0.39, 0.29) is 29.6 Å². The van der Waals surface area contributed by atoms with Gasteiger partial charge in [0.25, 0.3) is 0 Å². The highest BCUT2D eigenvalue weighted by Gasteiger charge is 2.30. The molecule has 0 saturated heterocycles. The molecule has 5 heteroatoms. The fraction of sp³-hybridized carbons (Fsp3) is 0.611. The predicted molar refractivity (Wildman–Crippen MR) is 100 cm³/mol. The molecule has 0 spiro atoms. The van der Waals surface area contributed by atoms with Crippen LogP contribution in [-0.4, -0.2) is 24.2 Å². The molecular formula is C18H27ClN2OS. The van der Waals surface area contributed by atoms with Gasteiger partial charge in [-0.15, -0.1) is 24.2 Å². The number of halogens is 1. The van der Waals surface area contributed by atoms with Crippen molar-refractivity contribution in [3.8, 4) is 0 Å². The molecule has 128 valence electrons. The summed E-state index contributed by atoms with van der Waals surface area (Å²) in [6.07, 6.45) is 7.35. The molecule has 3 N–H and O–H groups in total. The first kappa shape index (κ1) is 18.6. The van der Waals surface area contributed by atoms with Gasteiger partial charge in [-0.3, -0.25) is 4.79 Å². The zero-order chi connectivity index (χ0) is 15.4. The Balaban J connectivity index is 0.00000192. The van der Waals surface area contributed by atoms with Gasteiger partial charge < -0.3 is 11.1 Å². The van der Waals surface area contributed by atoms with Gasteiger partial charge in [0.15, 0.2) is 0 Å². The van der Waals surface area contributed by atoms with Crippen LogP contribution in [0, 0.1) is 5.92 Å². The molecule has 0 bridgehead atoms. The first-order valence-electron chi connectivity index (χ1n) is 8.49. The molecule has 2 atom stereocenters. The van der Waals surface area contributed by atoms with Gasteiger partial charge in [-0.1, -0.05) is 43.5 Å². The molecular weight excluding hydrogens is 328 g/mol. The molecule has 3 nitrogen and oxygen atoms in total. The van der Waals surface area contributed by atoms with E-state index in [1.165, 1.54) is 43.2 Å². The van der Waals surface area contributed by atoms with Gasteiger partial charge in [-0.25, -0.2) is 0 Å². The van der Waals surface area contributed by atoms with Gasteiger partial charge in [0.1, 0.15) is 5.25 Å². The maximum Gasteiger partial charge on any atom is 0.237 e. The number of fused-ring (bicyclic) bond motifs is 1. The third kappa shape index (κ3) is 4.43. The van der Waals surface area contributed by atoms with Crippen LogP contribution in [0.2, 0.25) is 0 Å². The van der Waals surface area contributed by atoms with Crippen LogP contribution in [0.5, 0.6) is 0 Å². The Hall–Kier alpha value is -0.710. The summed E-state index contributed by atoms with van der Waals surface area (Å²) in [6, 6.07) is 8.49. The molecule has 1 amide bonds. The van der Waals surface area contributed by atoms with E-state index >= 15 is 0 Å². The van der Waals surface area contributed by atoms with Gasteiger partial charge >= 0.3 is 0 Å². The number of carbonyl (C=O) groups excluding carboxylic acids is 1. The van der Waals surface area contributed by atoms with E-state index in [1.54, 1.807) is 11.8 Å². The lowest BCUT2D eigenvalue weighted by Gasteiger charge is -2.32. The zero-order valence-electron chi connectivity index (χ0n) is 13.5. The first-order valence-corrected chi connectivity index (χ1v) is 9.54. The smallest absolute Gasteiger partial charge is 0.237 e. The van der Waals surface area contributed by atoms with Crippen molar-refractivity contribution in [2.24, 2.45) is 11.7 Å². The zero-order valence-corrected chi connectivity index (χ0v) is 15.1. The second-order valence-electron chi connectivity index (χ2n) is 6.45. The second kappa shape index (κ2) is 8.95. The lowest BCUT2D eigenvalue weighted by Crippen LogP contribution is -2.47. The molecule has 2 aliphatic rings. The first-order chi connectivity index (χ1) is 10.8. The van der Waals surface area contributed by atoms with Crippen LogP contribution in [0.25, 0.3) is 0 Å². The predicted octanol–water partition coefficient (Wildman–Crippen LogP) is 3.46. The molecule has 3 rings (SSSR count). The van der Waals surface area contributed by atoms with Crippen LogP contribution < -0.4 is 11.1 Å². The molecule has 1 saturated carbocycles. The summed E-state index contributed by atoms with van der Waals surface area (Å²) in [7, 11) is 0. The summed E-state index contributed by atoms with van der Waals surface area (Å²) < 4.78 is 0. The molecule has 1 heterocycles. The molecule has 1 fully saturated rings. The number of nitrogens with one attached hydrogen (secondary N) is 1. The van der Waals surface area contributed by atoms with Crippen LogP contribution in [0.4, 0.5) is 0 Å². The third-order valence-electron chi connectivity index (χ3n) is 5.03. The van der Waals surface area contributed by atoms with E-state index in [0.29, 0.717) is 12.5 Å².